The fraction of sp³-hybridized carbons (Fsp3) is 0.657. The molecule has 0 aromatic heterocycles. The molecule has 43 heavy (non-hydrogen) atoms. The molecule has 2 saturated heterocycles. The molecule has 1 unspecified atom stereocenters. The van der Waals surface area contributed by atoms with Crippen LogP contribution in [0.25, 0.3) is 0 Å². The highest BCUT2D eigenvalue weighted by molar-refractivity contribution is 7.70. The molecule has 6 nitrogen and oxygen atoms in total. The van der Waals surface area contributed by atoms with Crippen molar-refractivity contribution in [2.24, 2.45) is 5.41 Å². The van der Waals surface area contributed by atoms with Gasteiger partial charge in [-0.3, -0.25) is 0 Å². The Labute approximate surface area is 262 Å². The van der Waals surface area contributed by atoms with Gasteiger partial charge in [-0.1, -0.05) is 132 Å². The summed E-state index contributed by atoms with van der Waals surface area (Å²) in [4.78, 5) is 24.9. The van der Waals surface area contributed by atoms with Crippen molar-refractivity contribution in [3.63, 3.8) is 0 Å². The summed E-state index contributed by atoms with van der Waals surface area (Å²) in [7, 11) is -7.37. The Morgan fingerprint density at radius 3 is 1.14 bits per heavy atom. The van der Waals surface area contributed by atoms with Crippen LogP contribution in [0.3, 0.4) is 0 Å². The minimum absolute atomic E-state index is 0.129. The lowest BCUT2D eigenvalue weighted by Gasteiger charge is -2.51. The zero-order chi connectivity index (χ0) is 33.0. The van der Waals surface area contributed by atoms with Crippen LogP contribution in [0.2, 0.25) is 0 Å². The second-order valence-electron chi connectivity index (χ2n) is 17.4. The molecule has 1 atom stereocenters. The molecular weight excluding hydrogens is 578 g/mol. The molecule has 240 valence electrons. The molecule has 0 amide bonds. The van der Waals surface area contributed by atoms with E-state index in [9.17, 15) is 9.79 Å². The smallest absolute Gasteiger partial charge is 0.188 e. The minimum Gasteiger partial charge on any atom is -0.188 e. The second-order valence-corrected chi connectivity index (χ2v) is 21.2. The molecule has 0 bridgehead atoms. The van der Waals surface area contributed by atoms with Gasteiger partial charge in [0.05, 0.1) is 5.41 Å². The Balaban J connectivity index is 1.91. The number of hydrogen-bond acceptors (Lipinski definition) is 6. The molecule has 2 N–H and O–H groups in total. The van der Waals surface area contributed by atoms with Gasteiger partial charge in [0, 0.05) is 22.3 Å². The van der Waals surface area contributed by atoms with E-state index in [0.717, 1.165) is 33.4 Å². The lowest BCUT2D eigenvalue weighted by atomic mass is 9.79. The Bertz CT molecular complexity index is 1340. The van der Waals surface area contributed by atoms with E-state index in [1.54, 1.807) is 0 Å². The minimum atomic E-state index is -3.76. The van der Waals surface area contributed by atoms with Crippen molar-refractivity contribution in [2.45, 2.75) is 138 Å². The summed E-state index contributed by atoms with van der Waals surface area (Å²) in [6, 6.07) is 8.48. The number of rotatable bonds is 2. The highest BCUT2D eigenvalue weighted by Crippen LogP contribution is 2.81. The van der Waals surface area contributed by atoms with Gasteiger partial charge in [0.25, 0.3) is 0 Å². The summed E-state index contributed by atoms with van der Waals surface area (Å²) in [5.41, 5.74) is 4.15. The molecule has 4 rings (SSSR count). The average Bonchev–Trinajstić information content (AvgIpc) is 2.77. The van der Waals surface area contributed by atoms with E-state index in [2.05, 4.69) is 121 Å². The van der Waals surface area contributed by atoms with E-state index in [0.29, 0.717) is 10.6 Å². The zero-order valence-electron chi connectivity index (χ0n) is 29.4. The van der Waals surface area contributed by atoms with Crippen molar-refractivity contribution in [1.29, 1.82) is 0 Å². The van der Waals surface area contributed by atoms with Gasteiger partial charge in [0.1, 0.15) is 6.61 Å². The molecule has 1 spiro atoms. The summed E-state index contributed by atoms with van der Waals surface area (Å²) in [5.74, 6) is -1.69. The summed E-state index contributed by atoms with van der Waals surface area (Å²) < 4.78 is 26.4. The normalized spacial score (nSPS) is 28.2. The molecule has 2 heterocycles. The third-order valence-corrected chi connectivity index (χ3v) is 12.5. The topological polar surface area (TPSA) is 77.4 Å². The third kappa shape index (κ3) is 6.13. The van der Waals surface area contributed by atoms with E-state index in [1.165, 1.54) is 0 Å². The third-order valence-electron chi connectivity index (χ3n) is 8.47. The lowest BCUT2D eigenvalue weighted by molar-refractivity contribution is -0.393. The molecule has 2 aromatic carbocycles. The molecule has 2 aromatic rings. The van der Waals surface area contributed by atoms with Gasteiger partial charge < -0.3 is 0 Å². The predicted octanol–water partition coefficient (Wildman–Crippen LogP) is 8.73. The molecule has 8 heteroatoms. The van der Waals surface area contributed by atoms with Gasteiger partial charge in [-0.05, 0) is 49.4 Å². The Hall–Kier alpha value is -0.940. The summed E-state index contributed by atoms with van der Waals surface area (Å²) in [6.07, 6.45) is 0. The van der Waals surface area contributed by atoms with Crippen LogP contribution >= 0.6 is 15.9 Å². The van der Waals surface area contributed by atoms with Crippen LogP contribution in [-0.2, 0) is 39.8 Å². The van der Waals surface area contributed by atoms with E-state index in [-0.39, 0.29) is 28.3 Å². The van der Waals surface area contributed by atoms with Crippen molar-refractivity contribution in [2.75, 3.05) is 6.61 Å². The van der Waals surface area contributed by atoms with Gasteiger partial charge in [-0.2, -0.15) is 14.3 Å². The Morgan fingerprint density at radius 1 is 0.558 bits per heavy atom. The standard InChI is InChI=1S/C35H56O6P2/c1-22-17-24(30(3,4)5)28(25(18-22)31(6,7)8)42(36)38-21-34(15,16)35(39-42)40-43(37,41-35)29-26(32(9,10)11)19-23(2)20-27(29)33(12,13)14/h17-20,36-37H,21H2,1-16H3/q+2. The monoisotopic (exact) mass is 634 g/mol. The summed E-state index contributed by atoms with van der Waals surface area (Å²) in [6.45, 7) is 33.8. The largest absolute Gasteiger partial charge is 0.458 e. The zero-order valence-corrected chi connectivity index (χ0v) is 31.2. The molecular formula is C35H56O6P2+2. The van der Waals surface area contributed by atoms with Crippen molar-refractivity contribution in [1.82, 2.24) is 0 Å². The van der Waals surface area contributed by atoms with E-state index in [1.807, 2.05) is 13.8 Å². The van der Waals surface area contributed by atoms with Crippen molar-refractivity contribution >= 4 is 26.5 Å². The van der Waals surface area contributed by atoms with Gasteiger partial charge in [-0.25, -0.2) is 0 Å². The van der Waals surface area contributed by atoms with Gasteiger partial charge in [0.2, 0.25) is 0 Å². The lowest BCUT2D eigenvalue weighted by Crippen LogP contribution is -2.64. The maximum atomic E-state index is 12.5. The fourth-order valence-electron chi connectivity index (χ4n) is 5.92. The Kier molecular flexibility index (Phi) is 8.35. The molecule has 0 aliphatic carbocycles. The van der Waals surface area contributed by atoms with Crippen LogP contribution in [-0.4, -0.2) is 22.4 Å². The first-order chi connectivity index (χ1) is 19.1. The van der Waals surface area contributed by atoms with E-state index < -0.39 is 27.3 Å². The Morgan fingerprint density at radius 2 is 0.837 bits per heavy atom. The van der Waals surface area contributed by atoms with Crippen LogP contribution in [0.4, 0.5) is 0 Å². The van der Waals surface area contributed by atoms with Crippen LogP contribution in [0.5, 0.6) is 0 Å². The number of hydrogen-bond donors (Lipinski definition) is 2. The SMILES string of the molecule is Cc1cc(C(C)(C)C)c([P+]2(O)OCC(C)(C)C3(O2)O[P+](O)(c2c(C(C)(C)C)cc(C)cc2C(C)(C)C)O3)c(C(C)(C)C)c1. The highest BCUT2D eigenvalue weighted by Gasteiger charge is 2.84. The first-order valence-electron chi connectivity index (χ1n) is 15.4. The molecule has 0 saturated carbocycles. The van der Waals surface area contributed by atoms with Crippen LogP contribution in [0.1, 0.15) is 130 Å². The molecule has 2 aliphatic heterocycles. The van der Waals surface area contributed by atoms with Crippen molar-refractivity contribution < 1.29 is 27.9 Å². The quantitative estimate of drug-likeness (QED) is 0.322. The van der Waals surface area contributed by atoms with Crippen LogP contribution < -0.4 is 10.6 Å². The number of aryl methyl sites for hydroxylation is 2. The molecule has 2 aliphatic rings. The fourth-order valence-corrected chi connectivity index (χ4v) is 11.7. The van der Waals surface area contributed by atoms with Crippen molar-refractivity contribution in [3.05, 3.63) is 57.6 Å². The summed E-state index contributed by atoms with van der Waals surface area (Å²) in [5, 5.41) is 1.38. The first kappa shape index (κ1) is 34.9. The first-order valence-corrected chi connectivity index (χ1v) is 18.5. The van der Waals surface area contributed by atoms with Gasteiger partial charge >= 0.3 is 21.9 Å². The van der Waals surface area contributed by atoms with E-state index >= 15 is 0 Å². The average molecular weight is 635 g/mol. The predicted molar refractivity (Wildman–Crippen MR) is 180 cm³/mol. The molecule has 0 radical (unpaired) electrons. The van der Waals surface area contributed by atoms with Gasteiger partial charge in [-0.15, -0.1) is 0 Å². The molecule has 2 fully saturated rings. The van der Waals surface area contributed by atoms with Gasteiger partial charge in [0.15, 0.2) is 10.6 Å². The summed E-state index contributed by atoms with van der Waals surface area (Å²) >= 11 is 0. The maximum Gasteiger partial charge on any atom is 0.458 e. The second kappa shape index (κ2) is 10.3. The van der Waals surface area contributed by atoms with E-state index in [4.69, 9.17) is 18.1 Å². The van der Waals surface area contributed by atoms with Crippen LogP contribution in [0.15, 0.2) is 24.3 Å². The van der Waals surface area contributed by atoms with Crippen LogP contribution in [0, 0.1) is 19.3 Å². The number of benzene rings is 2. The maximum absolute atomic E-state index is 12.5. The van der Waals surface area contributed by atoms with Crippen molar-refractivity contribution in [3.8, 4) is 0 Å². The highest BCUT2D eigenvalue weighted by atomic mass is 31.2.